The van der Waals surface area contributed by atoms with Crippen LogP contribution in [0.1, 0.15) is 49.7 Å². The van der Waals surface area contributed by atoms with Gasteiger partial charge in [-0.3, -0.25) is 4.79 Å². The van der Waals surface area contributed by atoms with Crippen molar-refractivity contribution < 1.29 is 28.5 Å². The Hall–Kier alpha value is -3.29. The highest BCUT2D eigenvalue weighted by atomic mass is 35.5. The molecule has 0 radical (unpaired) electrons. The molecule has 0 aromatic heterocycles. The van der Waals surface area contributed by atoms with Crippen molar-refractivity contribution in [2.24, 2.45) is 0 Å². The second kappa shape index (κ2) is 10.4. The Morgan fingerprint density at radius 2 is 1.81 bits per heavy atom. The van der Waals surface area contributed by atoms with Crippen molar-refractivity contribution in [2.45, 2.75) is 38.5 Å². The van der Waals surface area contributed by atoms with E-state index in [4.69, 9.17) is 30.5 Å². The third kappa shape index (κ3) is 4.73. The predicted octanol–water partition coefficient (Wildman–Crippen LogP) is 5.01. The molecule has 0 bridgehead atoms. The van der Waals surface area contributed by atoms with E-state index in [1.807, 2.05) is 56.3 Å². The van der Waals surface area contributed by atoms with Gasteiger partial charge in [0.1, 0.15) is 6.61 Å². The topological polar surface area (TPSA) is 83.1 Å². The zero-order chi connectivity index (χ0) is 25.2. The Morgan fingerprint density at radius 1 is 1.06 bits per heavy atom. The first-order chi connectivity index (χ1) is 17.5. The second-order valence-electron chi connectivity index (χ2n) is 9.01. The van der Waals surface area contributed by atoms with Crippen molar-refractivity contribution in [1.82, 2.24) is 5.32 Å². The summed E-state index contributed by atoms with van der Waals surface area (Å²) in [4.78, 5) is 27.0. The fraction of sp³-hybridized carbons (Fsp3) is 0.357. The predicted molar refractivity (Wildman–Crippen MR) is 134 cm³/mol. The molecule has 2 atom stereocenters. The van der Waals surface area contributed by atoms with Crippen molar-refractivity contribution in [2.75, 3.05) is 26.6 Å². The van der Waals surface area contributed by atoms with Gasteiger partial charge in [-0.2, -0.15) is 0 Å². The molecule has 1 aliphatic carbocycles. The highest BCUT2D eigenvalue weighted by Gasteiger charge is 2.41. The number of fused-ring (bicyclic) bond motifs is 1. The van der Waals surface area contributed by atoms with Crippen LogP contribution in [-0.2, 0) is 19.1 Å². The fourth-order valence-corrected chi connectivity index (χ4v) is 5.25. The summed E-state index contributed by atoms with van der Waals surface area (Å²) in [6.45, 7) is 4.86. The van der Waals surface area contributed by atoms with Crippen LogP contribution in [0.5, 0.6) is 11.5 Å². The molecular weight excluding hydrogens is 482 g/mol. The summed E-state index contributed by atoms with van der Waals surface area (Å²) in [5.41, 5.74) is 4.36. The molecule has 7 nitrogen and oxygen atoms in total. The maximum atomic E-state index is 13.7. The van der Waals surface area contributed by atoms with Gasteiger partial charge >= 0.3 is 5.97 Å². The second-order valence-corrected chi connectivity index (χ2v) is 9.45. The smallest absolute Gasteiger partial charge is 0.336 e. The van der Waals surface area contributed by atoms with Gasteiger partial charge in [-0.15, -0.1) is 0 Å². The van der Waals surface area contributed by atoms with Crippen molar-refractivity contribution in [1.29, 1.82) is 0 Å². The van der Waals surface area contributed by atoms with Gasteiger partial charge in [-0.1, -0.05) is 29.8 Å². The van der Waals surface area contributed by atoms with E-state index in [-0.39, 0.29) is 25.1 Å². The number of dihydropyridines is 1. The van der Waals surface area contributed by atoms with Gasteiger partial charge in [0.05, 0.1) is 12.2 Å². The number of carbonyl (C=O) groups is 2. The lowest BCUT2D eigenvalue weighted by molar-refractivity contribution is -0.140. The van der Waals surface area contributed by atoms with Gasteiger partial charge in [0.15, 0.2) is 17.3 Å². The Kier molecular flexibility index (Phi) is 7.03. The van der Waals surface area contributed by atoms with Crippen LogP contribution < -0.4 is 14.8 Å². The molecule has 0 fully saturated rings. The van der Waals surface area contributed by atoms with Gasteiger partial charge in [-0.25, -0.2) is 4.79 Å². The first-order valence-corrected chi connectivity index (χ1v) is 12.5. The molecule has 36 heavy (non-hydrogen) atoms. The Bertz CT molecular complexity index is 1250. The SMILES string of the molecule is CCOCCOC(=O)C1=C(C)NC2=C(C(=O)C[C@@H](c3ccc(Cl)cc3)C2)[C@H]1c1ccc2c(c1)OCO2. The van der Waals surface area contributed by atoms with Crippen LogP contribution in [0.4, 0.5) is 0 Å². The molecule has 2 heterocycles. The first kappa shape index (κ1) is 24.4. The van der Waals surface area contributed by atoms with Crippen LogP contribution in [0.2, 0.25) is 5.02 Å². The molecule has 3 aliphatic rings. The normalized spacial score (nSPS) is 20.8. The van der Waals surface area contributed by atoms with E-state index in [1.165, 1.54) is 0 Å². The van der Waals surface area contributed by atoms with Crippen LogP contribution in [0, 0.1) is 0 Å². The van der Waals surface area contributed by atoms with E-state index in [9.17, 15) is 9.59 Å². The lowest BCUT2D eigenvalue weighted by Crippen LogP contribution is -2.36. The average molecular weight is 510 g/mol. The molecule has 1 N–H and O–H groups in total. The van der Waals surface area contributed by atoms with E-state index in [0.29, 0.717) is 59.4 Å². The zero-order valence-corrected chi connectivity index (χ0v) is 21.0. The van der Waals surface area contributed by atoms with E-state index < -0.39 is 11.9 Å². The highest BCUT2D eigenvalue weighted by molar-refractivity contribution is 6.30. The standard InChI is InChI=1S/C28H28ClNO6/c1-3-33-10-11-34-28(32)25-16(2)30-21-12-19(17-4-7-20(29)8-5-17)13-22(31)27(21)26(25)18-6-9-23-24(14-18)36-15-35-23/h4-9,14,19,26,30H,3,10-13,15H2,1-2H3/t19-,26-/m0/s1. The number of carbonyl (C=O) groups excluding carboxylic acids is 2. The molecule has 2 aliphatic heterocycles. The maximum absolute atomic E-state index is 13.7. The third-order valence-corrected chi connectivity index (χ3v) is 7.04. The molecule has 0 saturated carbocycles. The van der Waals surface area contributed by atoms with E-state index in [2.05, 4.69) is 5.32 Å². The Labute approximate surface area is 215 Å². The van der Waals surface area contributed by atoms with Crippen LogP contribution in [0.3, 0.4) is 0 Å². The Morgan fingerprint density at radius 3 is 2.58 bits per heavy atom. The molecule has 8 heteroatoms. The van der Waals surface area contributed by atoms with Crippen molar-refractivity contribution in [3.63, 3.8) is 0 Å². The number of ketones is 1. The van der Waals surface area contributed by atoms with Crippen LogP contribution in [0.15, 0.2) is 65.0 Å². The van der Waals surface area contributed by atoms with Gasteiger partial charge in [0, 0.05) is 40.9 Å². The summed E-state index contributed by atoms with van der Waals surface area (Å²) in [6, 6.07) is 13.2. The number of hydrogen-bond donors (Lipinski definition) is 1. The van der Waals surface area contributed by atoms with Gasteiger partial charge in [0.2, 0.25) is 6.79 Å². The summed E-state index contributed by atoms with van der Waals surface area (Å²) in [6.07, 6.45) is 0.989. The average Bonchev–Trinajstić information content (AvgIpc) is 3.34. The summed E-state index contributed by atoms with van der Waals surface area (Å²) < 4.78 is 21.9. The number of halogens is 1. The molecule has 2 aromatic rings. The largest absolute Gasteiger partial charge is 0.460 e. The number of allylic oxidation sites excluding steroid dienone is 3. The van der Waals surface area contributed by atoms with E-state index in [1.54, 1.807) is 0 Å². The van der Waals surface area contributed by atoms with E-state index >= 15 is 0 Å². The number of benzene rings is 2. The summed E-state index contributed by atoms with van der Waals surface area (Å²) in [5, 5.41) is 4.03. The molecule has 0 unspecified atom stereocenters. The number of nitrogens with one attached hydrogen (secondary N) is 1. The van der Waals surface area contributed by atoms with Crippen LogP contribution in [0.25, 0.3) is 0 Å². The molecule has 0 amide bonds. The monoisotopic (exact) mass is 509 g/mol. The Balaban J connectivity index is 1.52. The van der Waals surface area contributed by atoms with Gasteiger partial charge < -0.3 is 24.3 Å². The number of rotatable bonds is 7. The summed E-state index contributed by atoms with van der Waals surface area (Å²) >= 11 is 6.07. The number of Topliss-reactive ketones (excluding diaryl/α,β-unsaturated/α-hetero) is 1. The molecular formula is C28H28ClNO6. The molecule has 188 valence electrons. The van der Waals surface area contributed by atoms with Gasteiger partial charge in [0.25, 0.3) is 0 Å². The number of hydrogen-bond acceptors (Lipinski definition) is 7. The number of ether oxygens (including phenoxy) is 4. The molecule has 0 spiro atoms. The van der Waals surface area contributed by atoms with Crippen LogP contribution >= 0.6 is 11.6 Å². The van der Waals surface area contributed by atoms with Crippen molar-refractivity contribution in [3.8, 4) is 11.5 Å². The minimum absolute atomic E-state index is 0.00140. The molecule has 0 saturated heterocycles. The van der Waals surface area contributed by atoms with Gasteiger partial charge in [-0.05, 0) is 61.6 Å². The lowest BCUT2D eigenvalue weighted by Gasteiger charge is -2.36. The quantitative estimate of drug-likeness (QED) is 0.415. The third-order valence-electron chi connectivity index (χ3n) is 6.78. The summed E-state index contributed by atoms with van der Waals surface area (Å²) in [7, 11) is 0. The number of esters is 1. The summed E-state index contributed by atoms with van der Waals surface area (Å²) in [5.74, 6) is 0.207. The van der Waals surface area contributed by atoms with Crippen molar-refractivity contribution in [3.05, 3.63) is 81.2 Å². The molecule has 5 rings (SSSR count). The highest BCUT2D eigenvalue weighted by Crippen LogP contribution is 2.47. The molecule has 2 aromatic carbocycles. The zero-order valence-electron chi connectivity index (χ0n) is 20.3. The maximum Gasteiger partial charge on any atom is 0.336 e. The van der Waals surface area contributed by atoms with E-state index in [0.717, 1.165) is 16.8 Å². The van der Waals surface area contributed by atoms with Crippen LogP contribution in [-0.4, -0.2) is 38.4 Å². The minimum Gasteiger partial charge on any atom is -0.460 e. The fourth-order valence-electron chi connectivity index (χ4n) is 5.12. The van der Waals surface area contributed by atoms with Crippen molar-refractivity contribution >= 4 is 23.4 Å². The lowest BCUT2D eigenvalue weighted by atomic mass is 9.71. The minimum atomic E-state index is -0.575. The first-order valence-electron chi connectivity index (χ1n) is 12.1.